The molecule has 0 spiro atoms. The predicted octanol–water partition coefficient (Wildman–Crippen LogP) is 1.33. The van der Waals surface area contributed by atoms with Crippen LogP contribution in [0.25, 0.3) is 0 Å². The van der Waals surface area contributed by atoms with Gasteiger partial charge in [0.25, 0.3) is 5.91 Å². The average molecular weight is 283 g/mol. The van der Waals surface area contributed by atoms with Gasteiger partial charge in [-0.15, -0.1) is 0 Å². The van der Waals surface area contributed by atoms with E-state index in [9.17, 15) is 4.79 Å². The van der Waals surface area contributed by atoms with Gasteiger partial charge in [0.15, 0.2) is 0 Å². The average Bonchev–Trinajstić information content (AvgIpc) is 2.98. The van der Waals surface area contributed by atoms with Gasteiger partial charge in [-0.05, 0) is 24.6 Å². The Morgan fingerprint density at radius 2 is 2.29 bits per heavy atom. The molecule has 2 N–H and O–H groups in total. The molecule has 2 aromatic rings. The van der Waals surface area contributed by atoms with Crippen LogP contribution in [0, 0.1) is 18.8 Å². The molecule has 1 heterocycles. The fourth-order valence-corrected chi connectivity index (χ4v) is 2.05. The maximum Gasteiger partial charge on any atom is 0.254 e. The summed E-state index contributed by atoms with van der Waals surface area (Å²) in [6.07, 6.45) is 3.46. The van der Waals surface area contributed by atoms with E-state index in [0.29, 0.717) is 12.1 Å². The summed E-state index contributed by atoms with van der Waals surface area (Å²) in [7, 11) is 1.75. The second-order valence-electron chi connectivity index (χ2n) is 4.71. The summed E-state index contributed by atoms with van der Waals surface area (Å²) in [6, 6.07) is 5.42. The fraction of sp³-hybridized carbons (Fsp3) is 0.250. The maximum atomic E-state index is 12.5. The Hall–Kier alpha value is -2.58. The second kappa shape index (κ2) is 6.73. The molecule has 1 aromatic heterocycles. The molecule has 0 bridgehead atoms. The summed E-state index contributed by atoms with van der Waals surface area (Å²) in [5, 5.41) is 15.4. The Balaban J connectivity index is 2.22. The third kappa shape index (κ3) is 3.50. The Bertz CT molecular complexity index is 681. The van der Waals surface area contributed by atoms with Gasteiger partial charge in [0.1, 0.15) is 6.61 Å². The van der Waals surface area contributed by atoms with Crippen LogP contribution in [0.1, 0.15) is 27.0 Å². The van der Waals surface area contributed by atoms with Crippen LogP contribution in [0.2, 0.25) is 0 Å². The van der Waals surface area contributed by atoms with Crippen molar-refractivity contribution in [1.82, 2.24) is 15.1 Å². The van der Waals surface area contributed by atoms with E-state index in [0.717, 1.165) is 16.7 Å². The van der Waals surface area contributed by atoms with Gasteiger partial charge in [-0.25, -0.2) is 0 Å². The van der Waals surface area contributed by atoms with Crippen molar-refractivity contribution < 1.29 is 9.90 Å². The molecular weight excluding hydrogens is 266 g/mol. The minimum atomic E-state index is -0.196. The zero-order chi connectivity index (χ0) is 15.2. The number of nitrogens with one attached hydrogen (secondary N) is 1. The van der Waals surface area contributed by atoms with Crippen molar-refractivity contribution in [3.63, 3.8) is 0 Å². The van der Waals surface area contributed by atoms with E-state index in [-0.39, 0.29) is 12.5 Å². The lowest BCUT2D eigenvalue weighted by Gasteiger charge is -2.18. The van der Waals surface area contributed by atoms with Crippen LogP contribution in [0.4, 0.5) is 0 Å². The van der Waals surface area contributed by atoms with E-state index in [1.165, 1.54) is 0 Å². The monoisotopic (exact) mass is 283 g/mol. The molecule has 0 aliphatic rings. The molecular formula is C16H17N3O2. The zero-order valence-electron chi connectivity index (χ0n) is 12.1. The Morgan fingerprint density at radius 3 is 2.95 bits per heavy atom. The number of amides is 1. The lowest BCUT2D eigenvalue weighted by molar-refractivity contribution is 0.0784. The number of carbonyl (C=O) groups is 1. The standard InChI is InChI=1S/C16H17N3O2/c1-12-14(6-4-8-20)5-3-7-15(12)16(21)19(2)11-13-9-17-18-10-13/h3,5,7,9-10,20H,8,11H2,1-2H3,(H,17,18). The minimum Gasteiger partial charge on any atom is -0.384 e. The first kappa shape index (κ1) is 14.8. The number of H-pyrrole nitrogens is 1. The van der Waals surface area contributed by atoms with Crippen LogP contribution >= 0.6 is 0 Å². The molecule has 0 saturated carbocycles. The predicted molar refractivity (Wildman–Crippen MR) is 79.5 cm³/mol. The number of aromatic nitrogens is 2. The van der Waals surface area contributed by atoms with Crippen LogP contribution in [-0.2, 0) is 6.54 Å². The van der Waals surface area contributed by atoms with Crippen molar-refractivity contribution in [3.8, 4) is 11.8 Å². The molecule has 5 nitrogen and oxygen atoms in total. The molecule has 0 atom stereocenters. The Labute approximate surface area is 123 Å². The Kier molecular flexibility index (Phi) is 4.75. The van der Waals surface area contributed by atoms with Crippen molar-refractivity contribution in [2.45, 2.75) is 13.5 Å². The number of benzene rings is 1. The normalized spacial score (nSPS) is 9.86. The molecule has 108 valence electrons. The van der Waals surface area contributed by atoms with Crippen molar-refractivity contribution in [1.29, 1.82) is 0 Å². The van der Waals surface area contributed by atoms with E-state index in [1.807, 2.05) is 13.0 Å². The summed E-state index contributed by atoms with van der Waals surface area (Å²) in [5.41, 5.74) is 3.14. The van der Waals surface area contributed by atoms with Crippen molar-refractivity contribution in [2.75, 3.05) is 13.7 Å². The summed E-state index contributed by atoms with van der Waals surface area (Å²) in [4.78, 5) is 14.2. The second-order valence-corrected chi connectivity index (χ2v) is 4.71. The van der Waals surface area contributed by atoms with Gasteiger partial charge in [0.2, 0.25) is 0 Å². The third-order valence-electron chi connectivity index (χ3n) is 3.19. The van der Waals surface area contributed by atoms with Gasteiger partial charge in [-0.1, -0.05) is 17.9 Å². The highest BCUT2D eigenvalue weighted by Crippen LogP contribution is 2.15. The SMILES string of the molecule is Cc1c(C#CCO)cccc1C(=O)N(C)Cc1cn[nH]c1. The van der Waals surface area contributed by atoms with Gasteiger partial charge in [-0.2, -0.15) is 5.10 Å². The van der Waals surface area contributed by atoms with Crippen LogP contribution in [0.5, 0.6) is 0 Å². The third-order valence-corrected chi connectivity index (χ3v) is 3.19. The highest BCUT2D eigenvalue weighted by Gasteiger charge is 2.15. The highest BCUT2D eigenvalue weighted by molar-refractivity contribution is 5.96. The van der Waals surface area contributed by atoms with Crippen molar-refractivity contribution >= 4 is 5.91 Å². The molecule has 2 rings (SSSR count). The molecule has 1 aromatic carbocycles. The van der Waals surface area contributed by atoms with Gasteiger partial charge in [0, 0.05) is 36.5 Å². The molecule has 1 amide bonds. The number of aliphatic hydroxyl groups excluding tert-OH is 1. The minimum absolute atomic E-state index is 0.0682. The van der Waals surface area contributed by atoms with E-state index in [1.54, 1.807) is 36.5 Å². The first-order chi connectivity index (χ1) is 10.1. The van der Waals surface area contributed by atoms with Gasteiger partial charge in [-0.3, -0.25) is 9.89 Å². The largest absolute Gasteiger partial charge is 0.384 e. The molecule has 0 radical (unpaired) electrons. The lowest BCUT2D eigenvalue weighted by Crippen LogP contribution is -2.26. The highest BCUT2D eigenvalue weighted by atomic mass is 16.2. The van der Waals surface area contributed by atoms with Crippen LogP contribution in [0.15, 0.2) is 30.6 Å². The first-order valence-electron chi connectivity index (χ1n) is 6.56. The summed E-state index contributed by atoms with van der Waals surface area (Å²) in [6.45, 7) is 2.15. The van der Waals surface area contributed by atoms with Crippen molar-refractivity contribution in [2.24, 2.45) is 0 Å². The lowest BCUT2D eigenvalue weighted by atomic mass is 10.0. The van der Waals surface area contributed by atoms with Gasteiger partial charge < -0.3 is 10.0 Å². The number of aromatic amines is 1. The number of nitrogens with zero attached hydrogens (tertiary/aromatic N) is 2. The smallest absolute Gasteiger partial charge is 0.254 e. The molecule has 0 unspecified atom stereocenters. The summed E-state index contributed by atoms with van der Waals surface area (Å²) in [5.74, 6) is 5.39. The van der Waals surface area contributed by atoms with Crippen LogP contribution in [-0.4, -0.2) is 39.8 Å². The van der Waals surface area contributed by atoms with E-state index < -0.39 is 0 Å². The van der Waals surface area contributed by atoms with E-state index >= 15 is 0 Å². The quantitative estimate of drug-likeness (QED) is 0.835. The summed E-state index contributed by atoms with van der Waals surface area (Å²) >= 11 is 0. The van der Waals surface area contributed by atoms with E-state index in [2.05, 4.69) is 22.0 Å². The van der Waals surface area contributed by atoms with Crippen LogP contribution in [0.3, 0.4) is 0 Å². The molecule has 0 fully saturated rings. The molecule has 0 saturated heterocycles. The maximum absolute atomic E-state index is 12.5. The molecule has 21 heavy (non-hydrogen) atoms. The topological polar surface area (TPSA) is 69.2 Å². The summed E-state index contributed by atoms with van der Waals surface area (Å²) < 4.78 is 0. The van der Waals surface area contributed by atoms with Gasteiger partial charge >= 0.3 is 0 Å². The fourth-order valence-electron chi connectivity index (χ4n) is 2.05. The molecule has 5 heteroatoms. The van der Waals surface area contributed by atoms with E-state index in [4.69, 9.17) is 5.11 Å². The van der Waals surface area contributed by atoms with Crippen LogP contribution < -0.4 is 0 Å². The number of hydrogen-bond acceptors (Lipinski definition) is 3. The zero-order valence-corrected chi connectivity index (χ0v) is 12.1. The molecule has 0 aliphatic carbocycles. The molecule has 0 aliphatic heterocycles. The van der Waals surface area contributed by atoms with Crippen molar-refractivity contribution in [3.05, 3.63) is 52.8 Å². The number of aliphatic hydroxyl groups is 1. The number of rotatable bonds is 3. The number of hydrogen-bond donors (Lipinski definition) is 2. The Morgan fingerprint density at radius 1 is 1.48 bits per heavy atom. The number of carbonyl (C=O) groups excluding carboxylic acids is 1. The van der Waals surface area contributed by atoms with Gasteiger partial charge in [0.05, 0.1) is 6.20 Å². The first-order valence-corrected chi connectivity index (χ1v) is 6.56.